The summed E-state index contributed by atoms with van der Waals surface area (Å²) in [7, 11) is 0. The fourth-order valence-electron chi connectivity index (χ4n) is 2.73. The van der Waals surface area contributed by atoms with Gasteiger partial charge in [0.05, 0.1) is 13.2 Å². The largest absolute Gasteiger partial charge is 0.394 e. The lowest BCUT2D eigenvalue weighted by atomic mass is 9.80. The van der Waals surface area contributed by atoms with Crippen LogP contribution >= 0.6 is 0 Å². The number of aliphatic hydroxyl groups is 2. The van der Waals surface area contributed by atoms with E-state index in [0.29, 0.717) is 11.8 Å². The van der Waals surface area contributed by atoms with E-state index in [1.807, 2.05) is 27.7 Å². The summed E-state index contributed by atoms with van der Waals surface area (Å²) in [5.41, 5.74) is -0.353. The SMILES string of the molecule is CC(C)(CO)NCC1CCCC(CNC(C)(C)CO)C1. The van der Waals surface area contributed by atoms with Crippen molar-refractivity contribution >= 4 is 0 Å². The maximum atomic E-state index is 9.28. The van der Waals surface area contributed by atoms with Crippen molar-refractivity contribution in [3.8, 4) is 0 Å². The van der Waals surface area contributed by atoms with Crippen LogP contribution in [0.2, 0.25) is 0 Å². The van der Waals surface area contributed by atoms with E-state index in [-0.39, 0.29) is 24.3 Å². The third-order valence-corrected chi connectivity index (χ3v) is 4.42. The van der Waals surface area contributed by atoms with Crippen LogP contribution < -0.4 is 10.6 Å². The van der Waals surface area contributed by atoms with Crippen LogP contribution in [-0.4, -0.2) is 47.6 Å². The van der Waals surface area contributed by atoms with Crippen molar-refractivity contribution in [1.82, 2.24) is 10.6 Å². The van der Waals surface area contributed by atoms with Crippen LogP contribution in [0.5, 0.6) is 0 Å². The summed E-state index contributed by atoms with van der Waals surface area (Å²) in [4.78, 5) is 0. The second-order valence-electron chi connectivity index (χ2n) is 7.74. The number of nitrogens with one attached hydrogen (secondary N) is 2. The van der Waals surface area contributed by atoms with Crippen molar-refractivity contribution in [3.63, 3.8) is 0 Å². The molecule has 1 aliphatic carbocycles. The van der Waals surface area contributed by atoms with Gasteiger partial charge in [-0.2, -0.15) is 0 Å². The van der Waals surface area contributed by atoms with Gasteiger partial charge in [0.15, 0.2) is 0 Å². The number of hydrogen-bond donors (Lipinski definition) is 4. The predicted octanol–water partition coefficient (Wildman–Crippen LogP) is 1.51. The summed E-state index contributed by atoms with van der Waals surface area (Å²) in [5, 5.41) is 25.5. The molecule has 0 radical (unpaired) electrons. The molecule has 1 saturated carbocycles. The lowest BCUT2D eigenvalue weighted by Gasteiger charge is -2.34. The molecule has 4 nitrogen and oxygen atoms in total. The smallest absolute Gasteiger partial charge is 0.0607 e. The maximum absolute atomic E-state index is 9.28. The van der Waals surface area contributed by atoms with Crippen LogP contribution in [0.15, 0.2) is 0 Å². The van der Waals surface area contributed by atoms with E-state index in [4.69, 9.17) is 0 Å². The van der Waals surface area contributed by atoms with Gasteiger partial charge in [-0.3, -0.25) is 0 Å². The van der Waals surface area contributed by atoms with Crippen LogP contribution in [-0.2, 0) is 0 Å². The summed E-state index contributed by atoms with van der Waals surface area (Å²) in [6.45, 7) is 10.5. The molecule has 0 saturated heterocycles. The molecule has 2 atom stereocenters. The van der Waals surface area contributed by atoms with Crippen molar-refractivity contribution < 1.29 is 10.2 Å². The first kappa shape index (κ1) is 17.9. The standard InChI is InChI=1S/C16H34N2O2/c1-15(2,11-19)17-9-13-6-5-7-14(8-13)10-18-16(3,4)12-20/h13-14,17-20H,5-12H2,1-4H3. The van der Waals surface area contributed by atoms with E-state index in [9.17, 15) is 10.2 Å². The molecular formula is C16H34N2O2. The van der Waals surface area contributed by atoms with Gasteiger partial charge in [0, 0.05) is 11.1 Å². The van der Waals surface area contributed by atoms with E-state index in [0.717, 1.165) is 13.1 Å². The second-order valence-corrected chi connectivity index (χ2v) is 7.74. The average Bonchev–Trinajstić information content (AvgIpc) is 2.44. The summed E-state index contributed by atoms with van der Waals surface area (Å²) in [6.07, 6.45) is 5.10. The fourth-order valence-corrected chi connectivity index (χ4v) is 2.73. The molecule has 4 heteroatoms. The first-order valence-corrected chi connectivity index (χ1v) is 8.00. The molecule has 0 amide bonds. The Morgan fingerprint density at radius 2 is 1.25 bits per heavy atom. The molecule has 2 unspecified atom stereocenters. The topological polar surface area (TPSA) is 64.5 Å². The van der Waals surface area contributed by atoms with Gasteiger partial charge < -0.3 is 20.8 Å². The van der Waals surface area contributed by atoms with Crippen molar-refractivity contribution in [3.05, 3.63) is 0 Å². The number of hydrogen-bond acceptors (Lipinski definition) is 4. The van der Waals surface area contributed by atoms with Gasteiger partial charge in [0.25, 0.3) is 0 Å². The molecule has 0 bridgehead atoms. The van der Waals surface area contributed by atoms with Gasteiger partial charge in [-0.15, -0.1) is 0 Å². The third-order valence-electron chi connectivity index (χ3n) is 4.42. The van der Waals surface area contributed by atoms with Crippen LogP contribution in [0.4, 0.5) is 0 Å². The van der Waals surface area contributed by atoms with Crippen molar-refractivity contribution in [2.75, 3.05) is 26.3 Å². The van der Waals surface area contributed by atoms with Crippen LogP contribution in [0.1, 0.15) is 53.4 Å². The van der Waals surface area contributed by atoms with E-state index in [1.54, 1.807) is 0 Å². The zero-order chi connectivity index (χ0) is 15.2. The fraction of sp³-hybridized carbons (Fsp3) is 1.00. The minimum absolute atomic E-state index is 0.176. The highest BCUT2D eigenvalue weighted by atomic mass is 16.3. The van der Waals surface area contributed by atoms with Gasteiger partial charge in [-0.25, -0.2) is 0 Å². The van der Waals surface area contributed by atoms with E-state index < -0.39 is 0 Å². The molecule has 0 aliphatic heterocycles. The van der Waals surface area contributed by atoms with E-state index >= 15 is 0 Å². The van der Waals surface area contributed by atoms with E-state index in [1.165, 1.54) is 25.7 Å². The molecule has 120 valence electrons. The molecular weight excluding hydrogens is 252 g/mol. The Morgan fingerprint density at radius 3 is 1.60 bits per heavy atom. The van der Waals surface area contributed by atoms with Crippen LogP contribution in [0.3, 0.4) is 0 Å². The van der Waals surface area contributed by atoms with Crippen LogP contribution in [0.25, 0.3) is 0 Å². The highest BCUT2D eigenvalue weighted by Gasteiger charge is 2.25. The minimum Gasteiger partial charge on any atom is -0.394 e. The second kappa shape index (κ2) is 7.74. The number of aliphatic hydroxyl groups excluding tert-OH is 2. The summed E-state index contributed by atoms with van der Waals surface area (Å²) in [6, 6.07) is 0. The Labute approximate surface area is 124 Å². The molecule has 1 fully saturated rings. The Balaban J connectivity index is 2.32. The van der Waals surface area contributed by atoms with Gasteiger partial charge in [-0.05, 0) is 71.9 Å². The average molecular weight is 286 g/mol. The molecule has 0 spiro atoms. The Bertz CT molecular complexity index is 254. The van der Waals surface area contributed by atoms with Crippen molar-refractivity contribution in [1.29, 1.82) is 0 Å². The summed E-state index contributed by atoms with van der Waals surface area (Å²) < 4.78 is 0. The lowest BCUT2D eigenvalue weighted by Crippen LogP contribution is -2.47. The third kappa shape index (κ3) is 6.53. The molecule has 20 heavy (non-hydrogen) atoms. The Hall–Kier alpha value is -0.160. The molecule has 0 aromatic rings. The predicted molar refractivity (Wildman–Crippen MR) is 83.8 cm³/mol. The maximum Gasteiger partial charge on any atom is 0.0607 e. The Kier molecular flexibility index (Phi) is 6.92. The van der Waals surface area contributed by atoms with Gasteiger partial charge in [0.1, 0.15) is 0 Å². The highest BCUT2D eigenvalue weighted by molar-refractivity contribution is 4.83. The monoisotopic (exact) mass is 286 g/mol. The molecule has 0 heterocycles. The van der Waals surface area contributed by atoms with E-state index in [2.05, 4.69) is 10.6 Å². The van der Waals surface area contributed by atoms with Gasteiger partial charge >= 0.3 is 0 Å². The molecule has 0 aromatic carbocycles. The molecule has 1 aliphatic rings. The summed E-state index contributed by atoms with van der Waals surface area (Å²) in [5.74, 6) is 1.41. The van der Waals surface area contributed by atoms with Gasteiger partial charge in [-0.1, -0.05) is 6.42 Å². The van der Waals surface area contributed by atoms with Gasteiger partial charge in [0.2, 0.25) is 0 Å². The molecule has 1 rings (SSSR count). The highest BCUT2D eigenvalue weighted by Crippen LogP contribution is 2.29. The van der Waals surface area contributed by atoms with Crippen LogP contribution in [0, 0.1) is 11.8 Å². The molecule has 4 N–H and O–H groups in total. The zero-order valence-corrected chi connectivity index (χ0v) is 13.7. The van der Waals surface area contributed by atoms with Crippen molar-refractivity contribution in [2.45, 2.75) is 64.5 Å². The first-order valence-electron chi connectivity index (χ1n) is 8.00. The first-order chi connectivity index (χ1) is 9.28. The minimum atomic E-state index is -0.177. The zero-order valence-electron chi connectivity index (χ0n) is 13.7. The normalized spacial score (nSPS) is 24.9. The summed E-state index contributed by atoms with van der Waals surface area (Å²) >= 11 is 0. The lowest BCUT2D eigenvalue weighted by molar-refractivity contribution is 0.157. The number of rotatable bonds is 8. The quantitative estimate of drug-likeness (QED) is 0.546. The Morgan fingerprint density at radius 1 is 0.850 bits per heavy atom. The molecule has 0 aromatic heterocycles. The van der Waals surface area contributed by atoms with Crippen molar-refractivity contribution in [2.24, 2.45) is 11.8 Å².